The minimum Gasteiger partial charge on any atom is -0.545 e. The van der Waals surface area contributed by atoms with Gasteiger partial charge in [-0.15, -0.1) is 0 Å². The number of hydrogen-bond acceptors (Lipinski definition) is 4. The van der Waals surface area contributed by atoms with E-state index in [0.717, 1.165) is 6.08 Å². The number of nitriles is 1. The number of aliphatic carboxylic acids is 1. The molecule has 0 fully saturated rings. The predicted octanol–water partition coefficient (Wildman–Crippen LogP) is -1.00. The van der Waals surface area contributed by atoms with Gasteiger partial charge in [0.1, 0.15) is 6.07 Å². The summed E-state index contributed by atoms with van der Waals surface area (Å²) in [6, 6.07) is 1.77. The van der Waals surface area contributed by atoms with Crippen molar-refractivity contribution in [2.75, 3.05) is 0 Å². The Bertz CT molecular complexity index is 316. The molecular formula is C11H14KNO2S. The SMILES string of the molecule is C=CSC(=C\C)/C(C#N)=C/C(=O)[O-].CC.[K+]. The third-order valence-corrected chi connectivity index (χ3v) is 2.00. The molecule has 0 spiro atoms. The van der Waals surface area contributed by atoms with Crippen LogP contribution in [0.1, 0.15) is 20.8 Å². The van der Waals surface area contributed by atoms with Gasteiger partial charge in [0.2, 0.25) is 0 Å². The standard InChI is InChI=1S/C9H9NO2S.C2H6.K/c1-3-8(13-4-2)7(6-10)5-9(11)12;1-2;/h3-5H,2H2,1H3,(H,11,12);1-2H3;/q;;+1/p-1/b7-5+,8-3-;;. The molecule has 0 saturated heterocycles. The normalized spacial score (nSPS) is 10.1. The zero-order valence-electron chi connectivity index (χ0n) is 10.1. The van der Waals surface area contributed by atoms with Crippen molar-refractivity contribution in [3.63, 3.8) is 0 Å². The molecule has 0 N–H and O–H groups in total. The van der Waals surface area contributed by atoms with Gasteiger partial charge in [-0.25, -0.2) is 0 Å². The molecule has 0 unspecified atom stereocenters. The zero-order chi connectivity index (χ0) is 12.3. The molecule has 0 aliphatic heterocycles. The van der Waals surface area contributed by atoms with Gasteiger partial charge in [-0.05, 0) is 18.4 Å². The number of hydrogen-bond donors (Lipinski definition) is 0. The van der Waals surface area contributed by atoms with Crippen molar-refractivity contribution < 1.29 is 61.3 Å². The summed E-state index contributed by atoms with van der Waals surface area (Å²) in [7, 11) is 0. The molecule has 0 bridgehead atoms. The number of rotatable bonds is 4. The fraction of sp³-hybridized carbons (Fsp3) is 0.273. The van der Waals surface area contributed by atoms with Gasteiger partial charge in [0.25, 0.3) is 0 Å². The zero-order valence-corrected chi connectivity index (χ0v) is 14.1. The van der Waals surface area contributed by atoms with Crippen LogP contribution in [0.15, 0.2) is 34.6 Å². The minimum atomic E-state index is -1.37. The Morgan fingerprint density at radius 2 is 2.00 bits per heavy atom. The van der Waals surface area contributed by atoms with Crippen molar-refractivity contribution in [1.82, 2.24) is 0 Å². The van der Waals surface area contributed by atoms with Gasteiger partial charge >= 0.3 is 51.4 Å². The molecule has 5 heteroatoms. The molecule has 0 aliphatic rings. The first-order valence-corrected chi connectivity index (χ1v) is 5.30. The Hall–Kier alpha value is 0.166. The molecular weight excluding hydrogens is 249 g/mol. The van der Waals surface area contributed by atoms with Gasteiger partial charge in [0.05, 0.1) is 11.5 Å². The Kier molecular flexibility index (Phi) is 20.3. The van der Waals surface area contributed by atoms with Crippen LogP contribution in [0.3, 0.4) is 0 Å². The van der Waals surface area contributed by atoms with Crippen LogP contribution in [0.5, 0.6) is 0 Å². The summed E-state index contributed by atoms with van der Waals surface area (Å²) in [5.41, 5.74) is 0.0763. The van der Waals surface area contributed by atoms with Gasteiger partial charge < -0.3 is 9.90 Å². The maximum absolute atomic E-state index is 10.2. The first kappa shape index (κ1) is 21.5. The summed E-state index contributed by atoms with van der Waals surface area (Å²) in [6.07, 6.45) is 2.41. The van der Waals surface area contributed by atoms with Crippen LogP contribution in [0.2, 0.25) is 0 Å². The number of carbonyl (C=O) groups is 1. The topological polar surface area (TPSA) is 63.9 Å². The fourth-order valence-electron chi connectivity index (χ4n) is 0.653. The van der Waals surface area contributed by atoms with Crippen LogP contribution < -0.4 is 56.5 Å². The average Bonchev–Trinajstić information content (AvgIpc) is 2.25. The quantitative estimate of drug-likeness (QED) is 0.282. The number of thioether (sulfide) groups is 1. The van der Waals surface area contributed by atoms with E-state index in [1.807, 2.05) is 13.8 Å². The number of carboxylic acids is 1. The predicted molar refractivity (Wildman–Crippen MR) is 61.6 cm³/mol. The monoisotopic (exact) mass is 263 g/mol. The second kappa shape index (κ2) is 15.2. The van der Waals surface area contributed by atoms with Crippen LogP contribution in [0, 0.1) is 11.3 Å². The molecule has 0 saturated carbocycles. The second-order valence-electron chi connectivity index (χ2n) is 1.93. The minimum absolute atomic E-state index is 0. The van der Waals surface area contributed by atoms with Gasteiger partial charge in [-0.2, -0.15) is 5.26 Å². The van der Waals surface area contributed by atoms with Crippen LogP contribution in [0.25, 0.3) is 0 Å². The van der Waals surface area contributed by atoms with E-state index in [4.69, 9.17) is 5.26 Å². The molecule has 0 atom stereocenters. The van der Waals surface area contributed by atoms with Crippen LogP contribution >= 0.6 is 11.8 Å². The van der Waals surface area contributed by atoms with Gasteiger partial charge in [-0.3, -0.25) is 0 Å². The van der Waals surface area contributed by atoms with Crippen molar-refractivity contribution in [2.24, 2.45) is 0 Å². The number of carbonyl (C=O) groups excluding carboxylic acids is 1. The Labute approximate surface area is 144 Å². The second-order valence-corrected chi connectivity index (χ2v) is 2.94. The molecule has 0 amide bonds. The molecule has 3 nitrogen and oxygen atoms in total. The Morgan fingerprint density at radius 3 is 2.25 bits per heavy atom. The molecule has 0 radical (unpaired) electrons. The molecule has 0 aromatic heterocycles. The number of allylic oxidation sites excluding steroid dienone is 2. The first-order chi connectivity index (χ1) is 7.15. The maximum Gasteiger partial charge on any atom is 1.00 e. The first-order valence-electron chi connectivity index (χ1n) is 4.42. The van der Waals surface area contributed by atoms with E-state index in [-0.39, 0.29) is 57.0 Å². The fourth-order valence-corrected chi connectivity index (χ4v) is 1.20. The summed E-state index contributed by atoms with van der Waals surface area (Å²) >= 11 is 1.19. The van der Waals surface area contributed by atoms with Crippen molar-refractivity contribution in [3.8, 4) is 6.07 Å². The largest absolute Gasteiger partial charge is 1.00 e. The van der Waals surface area contributed by atoms with Crippen molar-refractivity contribution in [2.45, 2.75) is 20.8 Å². The number of carboxylic acid groups (broad SMARTS) is 1. The Morgan fingerprint density at radius 1 is 1.50 bits per heavy atom. The molecule has 0 rings (SSSR count). The average molecular weight is 263 g/mol. The number of nitrogens with zero attached hydrogens (tertiary/aromatic N) is 1. The van der Waals surface area contributed by atoms with Gasteiger partial charge in [-0.1, -0.05) is 38.3 Å². The summed E-state index contributed by atoms with van der Waals surface area (Å²) in [5.74, 6) is -1.37. The third-order valence-electron chi connectivity index (χ3n) is 1.12. The van der Waals surface area contributed by atoms with Crippen LogP contribution in [-0.2, 0) is 4.79 Å². The van der Waals surface area contributed by atoms with E-state index < -0.39 is 5.97 Å². The Balaban J connectivity index is -0.000000529. The van der Waals surface area contributed by atoms with Crippen LogP contribution in [-0.4, -0.2) is 5.97 Å². The molecule has 0 aliphatic carbocycles. The summed E-state index contributed by atoms with van der Waals surface area (Å²) in [4.78, 5) is 10.7. The van der Waals surface area contributed by atoms with E-state index in [1.54, 1.807) is 19.1 Å². The van der Waals surface area contributed by atoms with E-state index in [2.05, 4.69) is 6.58 Å². The maximum atomic E-state index is 10.2. The van der Waals surface area contributed by atoms with E-state index >= 15 is 0 Å². The third kappa shape index (κ3) is 10.7. The van der Waals surface area contributed by atoms with Crippen molar-refractivity contribution >= 4 is 17.7 Å². The summed E-state index contributed by atoms with van der Waals surface area (Å²) < 4.78 is 0. The summed E-state index contributed by atoms with van der Waals surface area (Å²) in [6.45, 7) is 9.18. The molecule has 16 heavy (non-hydrogen) atoms. The summed E-state index contributed by atoms with van der Waals surface area (Å²) in [5, 5.41) is 20.3. The molecule has 82 valence electrons. The van der Waals surface area contributed by atoms with Gasteiger partial charge in [0, 0.05) is 4.91 Å². The van der Waals surface area contributed by atoms with Crippen molar-refractivity contribution in [1.29, 1.82) is 5.26 Å². The molecule has 0 aromatic rings. The van der Waals surface area contributed by atoms with E-state index in [9.17, 15) is 9.90 Å². The molecule has 0 aromatic carbocycles. The molecule has 0 heterocycles. The van der Waals surface area contributed by atoms with Crippen LogP contribution in [0.4, 0.5) is 0 Å². The van der Waals surface area contributed by atoms with Gasteiger partial charge in [0.15, 0.2) is 0 Å². The van der Waals surface area contributed by atoms with E-state index in [1.165, 1.54) is 17.2 Å². The van der Waals surface area contributed by atoms with Crippen molar-refractivity contribution in [3.05, 3.63) is 34.6 Å². The smallest absolute Gasteiger partial charge is 0.545 e. The van der Waals surface area contributed by atoms with E-state index in [0.29, 0.717) is 4.91 Å².